The van der Waals surface area contributed by atoms with Gasteiger partial charge in [-0.25, -0.2) is 0 Å². The molecule has 136 valence electrons. The Morgan fingerprint density at radius 1 is 0.913 bits per heavy atom. The molecule has 2 atom stereocenters. The smallest absolute Gasteiger partial charge is 0.348 e. The lowest BCUT2D eigenvalue weighted by atomic mass is 10.1. The average molecular weight is 346 g/mol. The lowest BCUT2D eigenvalue weighted by Crippen LogP contribution is -2.52. The van der Waals surface area contributed by atoms with Crippen molar-refractivity contribution in [1.82, 2.24) is 0 Å². The number of hydrogen-bond donors (Lipinski definition) is 0. The third kappa shape index (κ3) is 4.33. The fourth-order valence-corrected chi connectivity index (χ4v) is 2.42. The number of halogens is 4. The van der Waals surface area contributed by atoms with Gasteiger partial charge in [-0.1, -0.05) is 0 Å². The van der Waals surface area contributed by atoms with Gasteiger partial charge in [0.15, 0.2) is 11.6 Å². The predicted molar refractivity (Wildman–Crippen MR) is 70.2 cm³/mol. The van der Waals surface area contributed by atoms with E-state index in [1.165, 1.54) is 0 Å². The fraction of sp³-hybridized carbons (Fsp3) is 1.00. The summed E-state index contributed by atoms with van der Waals surface area (Å²) in [6.45, 7) is 6.29. The van der Waals surface area contributed by atoms with Crippen LogP contribution in [-0.2, 0) is 23.7 Å². The van der Waals surface area contributed by atoms with Crippen LogP contribution in [0.15, 0.2) is 0 Å². The van der Waals surface area contributed by atoms with Gasteiger partial charge in [-0.05, 0) is 27.7 Å². The maximum absolute atomic E-state index is 13.7. The van der Waals surface area contributed by atoms with Crippen LogP contribution in [0, 0.1) is 0 Å². The summed E-state index contributed by atoms with van der Waals surface area (Å²) in [5.74, 6) is -6.40. The predicted octanol–water partition coefficient (Wildman–Crippen LogP) is 2.92. The Morgan fingerprint density at radius 2 is 1.30 bits per heavy atom. The molecular weight excluding hydrogens is 324 g/mol. The molecule has 0 N–H and O–H groups in total. The molecular formula is C14H22F4O5. The van der Waals surface area contributed by atoms with Crippen LogP contribution < -0.4 is 0 Å². The van der Waals surface area contributed by atoms with Crippen molar-refractivity contribution in [3.05, 3.63) is 0 Å². The third-order valence-corrected chi connectivity index (χ3v) is 3.59. The van der Waals surface area contributed by atoms with Crippen molar-refractivity contribution < 1.29 is 41.2 Å². The molecule has 2 aliphatic rings. The minimum atomic E-state index is -4.68. The SMILES string of the molecule is CC1(C)OCC(C(OC(F)(F)C(C)(F)F)C2COC(C)(C)O2)O1. The van der Waals surface area contributed by atoms with Crippen LogP contribution in [0.3, 0.4) is 0 Å². The van der Waals surface area contributed by atoms with Gasteiger partial charge in [0.1, 0.15) is 18.3 Å². The van der Waals surface area contributed by atoms with Gasteiger partial charge in [0.2, 0.25) is 0 Å². The van der Waals surface area contributed by atoms with Crippen LogP contribution in [0.5, 0.6) is 0 Å². The summed E-state index contributed by atoms with van der Waals surface area (Å²) in [4.78, 5) is 0. The first kappa shape index (κ1) is 18.9. The molecule has 0 aromatic carbocycles. The van der Waals surface area contributed by atoms with E-state index in [2.05, 4.69) is 4.74 Å². The molecule has 2 fully saturated rings. The Bertz CT molecular complexity index is 409. The zero-order valence-corrected chi connectivity index (χ0v) is 13.7. The zero-order valence-electron chi connectivity index (χ0n) is 13.7. The van der Waals surface area contributed by atoms with E-state index in [1.54, 1.807) is 27.7 Å². The second-order valence-electron chi connectivity index (χ2n) is 6.72. The van der Waals surface area contributed by atoms with Gasteiger partial charge < -0.3 is 23.7 Å². The molecule has 2 saturated heterocycles. The molecule has 2 aliphatic heterocycles. The molecule has 0 amide bonds. The maximum Gasteiger partial charge on any atom is 0.419 e. The quantitative estimate of drug-likeness (QED) is 0.717. The summed E-state index contributed by atoms with van der Waals surface area (Å²) in [6.07, 6.45) is -8.12. The highest BCUT2D eigenvalue weighted by atomic mass is 19.3. The summed E-state index contributed by atoms with van der Waals surface area (Å²) >= 11 is 0. The van der Waals surface area contributed by atoms with E-state index in [0.29, 0.717) is 0 Å². The molecule has 0 aliphatic carbocycles. The molecule has 2 unspecified atom stereocenters. The summed E-state index contributed by atoms with van der Waals surface area (Å²) in [5, 5.41) is 0. The van der Waals surface area contributed by atoms with Crippen LogP contribution in [0.1, 0.15) is 34.6 Å². The minimum Gasteiger partial charge on any atom is -0.348 e. The lowest BCUT2D eigenvalue weighted by molar-refractivity contribution is -0.372. The molecule has 0 saturated carbocycles. The van der Waals surface area contributed by atoms with Crippen molar-refractivity contribution in [3.63, 3.8) is 0 Å². The van der Waals surface area contributed by atoms with Crippen LogP contribution in [-0.4, -0.2) is 55.1 Å². The van der Waals surface area contributed by atoms with Gasteiger partial charge in [0.25, 0.3) is 0 Å². The number of rotatable bonds is 5. The molecule has 23 heavy (non-hydrogen) atoms. The van der Waals surface area contributed by atoms with Crippen LogP contribution in [0.4, 0.5) is 17.6 Å². The average Bonchev–Trinajstić information content (AvgIpc) is 2.87. The Kier molecular flexibility index (Phi) is 4.76. The Hall–Kier alpha value is -0.480. The monoisotopic (exact) mass is 346 g/mol. The van der Waals surface area contributed by atoms with Gasteiger partial charge in [-0.15, -0.1) is 0 Å². The normalized spacial score (nSPS) is 32.2. The van der Waals surface area contributed by atoms with Crippen molar-refractivity contribution >= 4 is 0 Å². The molecule has 2 rings (SSSR count). The van der Waals surface area contributed by atoms with E-state index in [9.17, 15) is 17.6 Å². The Balaban J connectivity index is 2.19. The number of ether oxygens (including phenoxy) is 5. The maximum atomic E-state index is 13.7. The van der Waals surface area contributed by atoms with Crippen LogP contribution in [0.2, 0.25) is 0 Å². The second-order valence-corrected chi connectivity index (χ2v) is 6.72. The zero-order chi connectivity index (χ0) is 17.7. The van der Waals surface area contributed by atoms with E-state index in [0.717, 1.165) is 0 Å². The molecule has 5 nitrogen and oxygen atoms in total. The van der Waals surface area contributed by atoms with Crippen molar-refractivity contribution in [2.45, 2.75) is 76.5 Å². The lowest BCUT2D eigenvalue weighted by Gasteiger charge is -2.33. The summed E-state index contributed by atoms with van der Waals surface area (Å²) < 4.78 is 79.7. The second kappa shape index (κ2) is 5.80. The first-order chi connectivity index (χ1) is 10.2. The van der Waals surface area contributed by atoms with Crippen molar-refractivity contribution in [3.8, 4) is 0 Å². The van der Waals surface area contributed by atoms with Gasteiger partial charge in [0.05, 0.1) is 13.2 Å². The van der Waals surface area contributed by atoms with E-state index in [4.69, 9.17) is 18.9 Å². The van der Waals surface area contributed by atoms with Gasteiger partial charge >= 0.3 is 12.0 Å². The van der Waals surface area contributed by atoms with E-state index in [1.807, 2.05) is 0 Å². The molecule has 9 heteroatoms. The van der Waals surface area contributed by atoms with E-state index < -0.39 is 41.9 Å². The fourth-order valence-electron chi connectivity index (χ4n) is 2.42. The topological polar surface area (TPSA) is 46.2 Å². The van der Waals surface area contributed by atoms with Crippen molar-refractivity contribution in [2.24, 2.45) is 0 Å². The molecule has 0 aromatic heterocycles. The Morgan fingerprint density at radius 3 is 1.57 bits per heavy atom. The highest BCUT2D eigenvalue weighted by Gasteiger charge is 2.58. The van der Waals surface area contributed by atoms with Crippen molar-refractivity contribution in [1.29, 1.82) is 0 Å². The summed E-state index contributed by atoms with van der Waals surface area (Å²) in [5.41, 5.74) is 0. The molecule has 0 bridgehead atoms. The van der Waals surface area contributed by atoms with E-state index >= 15 is 0 Å². The molecule has 0 spiro atoms. The highest BCUT2D eigenvalue weighted by molar-refractivity contribution is 4.90. The van der Waals surface area contributed by atoms with Crippen LogP contribution in [0.25, 0.3) is 0 Å². The van der Waals surface area contributed by atoms with Crippen molar-refractivity contribution in [2.75, 3.05) is 13.2 Å². The summed E-state index contributed by atoms with van der Waals surface area (Å²) in [6, 6.07) is 0. The molecule has 0 aromatic rings. The number of alkyl halides is 4. The largest absolute Gasteiger partial charge is 0.419 e. The minimum absolute atomic E-state index is 0.0800. The third-order valence-electron chi connectivity index (χ3n) is 3.59. The molecule has 2 heterocycles. The Labute approximate surface area is 132 Å². The molecule has 0 radical (unpaired) electrons. The van der Waals surface area contributed by atoms with E-state index in [-0.39, 0.29) is 20.1 Å². The van der Waals surface area contributed by atoms with Gasteiger partial charge in [-0.3, -0.25) is 0 Å². The first-order valence-electron chi connectivity index (χ1n) is 7.29. The standard InChI is InChI=1S/C14H22F4O5/c1-11(2)19-6-8(21-11)10(9-7-20-12(3,4)22-9)23-14(17,18)13(5,15)16/h8-10H,6-7H2,1-5H3. The summed E-state index contributed by atoms with van der Waals surface area (Å²) in [7, 11) is 0. The van der Waals surface area contributed by atoms with Gasteiger partial charge in [-0.2, -0.15) is 17.6 Å². The first-order valence-corrected chi connectivity index (χ1v) is 7.29. The highest BCUT2D eigenvalue weighted by Crippen LogP contribution is 2.40. The van der Waals surface area contributed by atoms with Gasteiger partial charge in [0, 0.05) is 6.92 Å². The number of hydrogen-bond acceptors (Lipinski definition) is 5. The van der Waals surface area contributed by atoms with Crippen LogP contribution >= 0.6 is 0 Å².